The maximum Gasteiger partial charge on any atom is 0.205 e. The molecule has 4 aromatic rings. The van der Waals surface area contributed by atoms with Gasteiger partial charge in [0.15, 0.2) is 6.20 Å². The number of anilines is 2. The van der Waals surface area contributed by atoms with Crippen molar-refractivity contribution in [2.24, 2.45) is 5.92 Å². The van der Waals surface area contributed by atoms with E-state index in [1.54, 1.807) is 0 Å². The van der Waals surface area contributed by atoms with Gasteiger partial charge in [0.25, 0.3) is 0 Å². The van der Waals surface area contributed by atoms with Gasteiger partial charge in [0.1, 0.15) is 6.54 Å². The number of benzene rings is 3. The molecule has 1 aliphatic heterocycles. The third kappa shape index (κ3) is 14.0. The van der Waals surface area contributed by atoms with Crippen molar-refractivity contribution in [1.29, 1.82) is 0 Å². The van der Waals surface area contributed by atoms with E-state index in [9.17, 15) is 0 Å². The molecule has 1 atom stereocenters. The highest BCUT2D eigenvalue weighted by molar-refractivity contribution is 8.76. The summed E-state index contributed by atoms with van der Waals surface area (Å²) in [5, 5.41) is 0. The topological polar surface area (TPSA) is 13.6 Å². The predicted molar refractivity (Wildman–Crippen MR) is 257 cm³/mol. The minimum Gasteiger partial charge on any atom is -0.371 e. The molecule has 1 unspecified atom stereocenters. The lowest BCUT2D eigenvalue weighted by atomic mass is 9.99. The molecule has 0 bridgehead atoms. The summed E-state index contributed by atoms with van der Waals surface area (Å²) in [6.45, 7) is 11.5. The second-order valence-corrected chi connectivity index (χ2v) is 17.7. The summed E-state index contributed by atoms with van der Waals surface area (Å²) in [6, 6.07) is 35.5. The number of aryl methyl sites for hydroxylation is 1. The van der Waals surface area contributed by atoms with Gasteiger partial charge in [-0.3, -0.25) is 0 Å². The van der Waals surface area contributed by atoms with Gasteiger partial charge >= 0.3 is 0 Å². The Hall–Kier alpha value is -4.65. The molecule has 6 rings (SSSR count). The third-order valence-electron chi connectivity index (χ3n) is 10.8. The molecule has 4 nitrogen and oxygen atoms in total. The smallest absolute Gasteiger partial charge is 0.205 e. The lowest BCUT2D eigenvalue weighted by Gasteiger charge is -2.29. The molecule has 2 aliphatic rings. The normalized spacial score (nSPS) is 15.1. The van der Waals surface area contributed by atoms with Crippen molar-refractivity contribution in [2.45, 2.75) is 59.0 Å². The number of hydrogen-bond donors (Lipinski definition) is 0. The fourth-order valence-electron chi connectivity index (χ4n) is 7.45. The number of allylic oxidation sites excluding steroid dienone is 6. The van der Waals surface area contributed by atoms with E-state index in [2.05, 4.69) is 225 Å². The third-order valence-corrected chi connectivity index (χ3v) is 13.4. The van der Waals surface area contributed by atoms with Gasteiger partial charge in [-0.1, -0.05) is 119 Å². The molecule has 58 heavy (non-hydrogen) atoms. The van der Waals surface area contributed by atoms with Crippen molar-refractivity contribution in [3.8, 4) is 0 Å². The quantitative estimate of drug-likeness (QED) is 0.0419. The first-order chi connectivity index (χ1) is 28.7. The number of pyridine rings is 1. The number of nitrogens with zero attached hydrogens (tertiary/aromatic N) is 4. The Morgan fingerprint density at radius 2 is 1.34 bits per heavy atom. The lowest BCUT2D eigenvalue weighted by Crippen LogP contribution is -2.34. The Labute approximate surface area is 357 Å². The van der Waals surface area contributed by atoms with Crippen molar-refractivity contribution in [2.75, 3.05) is 54.0 Å². The summed E-state index contributed by atoms with van der Waals surface area (Å²) in [6.07, 6.45) is 32.7. The van der Waals surface area contributed by atoms with Crippen LogP contribution in [-0.2, 0) is 13.1 Å². The van der Waals surface area contributed by atoms with Crippen LogP contribution in [0.2, 0.25) is 0 Å². The van der Waals surface area contributed by atoms with Crippen LogP contribution in [0.1, 0.15) is 68.3 Å². The summed E-state index contributed by atoms with van der Waals surface area (Å²) in [7, 11) is 4.11. The highest BCUT2D eigenvalue weighted by atomic mass is 33.1. The molecule has 6 heteroatoms. The summed E-state index contributed by atoms with van der Waals surface area (Å²) >= 11 is 0. The van der Waals surface area contributed by atoms with Gasteiger partial charge in [-0.2, -0.15) is 4.57 Å². The van der Waals surface area contributed by atoms with Crippen molar-refractivity contribution >= 4 is 51.2 Å². The fourth-order valence-corrected chi connectivity index (χ4v) is 9.74. The SMILES string of the molecule is CCN1CC=CC=C1/C=C/c1ccc(N(CCCCSSCCCCN(Cc2ccccc2)c2ccc(/C=C/c3cccc[n+]3CC)cc2)CC2C=CC=CC2)cc1. The monoisotopic (exact) mass is 807 g/mol. The molecule has 0 N–H and O–H groups in total. The van der Waals surface area contributed by atoms with Crippen LogP contribution in [0.25, 0.3) is 18.2 Å². The van der Waals surface area contributed by atoms with Crippen molar-refractivity contribution in [3.63, 3.8) is 0 Å². The summed E-state index contributed by atoms with van der Waals surface area (Å²) in [4.78, 5) is 7.56. The molecule has 0 fully saturated rings. The first-order valence-electron chi connectivity index (χ1n) is 21.5. The van der Waals surface area contributed by atoms with Crippen LogP contribution >= 0.6 is 21.6 Å². The zero-order valence-electron chi connectivity index (χ0n) is 34.7. The van der Waals surface area contributed by atoms with Crippen molar-refractivity contribution < 1.29 is 4.57 Å². The number of unbranched alkanes of at least 4 members (excludes halogenated alkanes) is 2. The second-order valence-electron chi connectivity index (χ2n) is 15.0. The van der Waals surface area contributed by atoms with E-state index >= 15 is 0 Å². The van der Waals surface area contributed by atoms with Gasteiger partial charge in [-0.25, -0.2) is 0 Å². The minimum atomic E-state index is 0.569. The Bertz CT molecular complexity index is 1980. The second kappa shape index (κ2) is 24.3. The first kappa shape index (κ1) is 42.9. The summed E-state index contributed by atoms with van der Waals surface area (Å²) in [5.41, 5.74) is 8.95. The molecule has 2 heterocycles. The van der Waals surface area contributed by atoms with Gasteiger partial charge in [0, 0.05) is 86.1 Å². The number of aromatic nitrogens is 1. The molecule has 1 aromatic heterocycles. The Balaban J connectivity index is 0.928. The molecule has 0 saturated heterocycles. The average Bonchev–Trinajstić information content (AvgIpc) is 3.28. The molecule has 0 saturated carbocycles. The molecular weight excluding hydrogens is 745 g/mol. The average molecular weight is 808 g/mol. The maximum absolute atomic E-state index is 2.62. The number of hydrogen-bond acceptors (Lipinski definition) is 5. The molecule has 0 spiro atoms. The zero-order chi connectivity index (χ0) is 40.0. The van der Waals surface area contributed by atoms with Gasteiger partial charge in [-0.05, 0) is 117 Å². The van der Waals surface area contributed by atoms with E-state index < -0.39 is 0 Å². The van der Waals surface area contributed by atoms with Crippen LogP contribution in [0, 0.1) is 5.92 Å². The van der Waals surface area contributed by atoms with Crippen LogP contribution in [0.3, 0.4) is 0 Å². The Kier molecular flexibility index (Phi) is 18.0. The van der Waals surface area contributed by atoms with E-state index in [-0.39, 0.29) is 0 Å². The van der Waals surface area contributed by atoms with E-state index in [1.807, 2.05) is 0 Å². The minimum absolute atomic E-state index is 0.569. The van der Waals surface area contributed by atoms with Gasteiger partial charge in [0.05, 0.1) is 0 Å². The van der Waals surface area contributed by atoms with Gasteiger partial charge in [-0.15, -0.1) is 0 Å². The van der Waals surface area contributed by atoms with Crippen LogP contribution in [-0.4, -0.2) is 49.1 Å². The standard InChI is InChI=1S/C52H63N4S2/c1-3-53-37-13-11-23-49(53)31-25-45-27-33-51(34-28-45)55(43-47-19-7-5-8-20-47)39-15-17-41-57-58-42-18-16-40-56(44-48-21-9-6-10-22-48)52-35-29-46(30-36-52)26-32-50-24-12-14-38-54(50)4-2/h5-14,19-21,23-37,48H,3-4,15-18,22,38-44H2,1-2H3/q+1/b32-26+. The molecule has 302 valence electrons. The lowest BCUT2D eigenvalue weighted by molar-refractivity contribution is -0.695. The Morgan fingerprint density at radius 3 is 2.02 bits per heavy atom. The van der Waals surface area contributed by atoms with Gasteiger partial charge < -0.3 is 14.7 Å². The fraction of sp³-hybridized carbons (Fsp3) is 0.327. The Morgan fingerprint density at radius 1 is 0.672 bits per heavy atom. The first-order valence-corrected chi connectivity index (χ1v) is 24.0. The van der Waals surface area contributed by atoms with E-state index in [4.69, 9.17) is 0 Å². The van der Waals surface area contributed by atoms with Crippen LogP contribution in [0.15, 0.2) is 158 Å². The number of rotatable bonds is 23. The van der Waals surface area contributed by atoms with Crippen LogP contribution in [0.4, 0.5) is 11.4 Å². The van der Waals surface area contributed by atoms with Gasteiger partial charge in [0.2, 0.25) is 5.69 Å². The highest BCUT2D eigenvalue weighted by Crippen LogP contribution is 2.27. The molecule has 1 aliphatic carbocycles. The summed E-state index contributed by atoms with van der Waals surface area (Å²) in [5.74, 6) is 2.97. The van der Waals surface area contributed by atoms with E-state index in [0.29, 0.717) is 5.92 Å². The van der Waals surface area contributed by atoms with Crippen molar-refractivity contribution in [3.05, 3.63) is 180 Å². The van der Waals surface area contributed by atoms with E-state index in [1.165, 1.54) is 76.6 Å². The van der Waals surface area contributed by atoms with E-state index in [0.717, 1.165) is 52.2 Å². The molecular formula is C52H63N4S2+. The molecule has 0 radical (unpaired) electrons. The number of likely N-dealkylation sites (N-methyl/N-ethyl adjacent to an activating group) is 1. The highest BCUT2D eigenvalue weighted by Gasteiger charge is 2.14. The zero-order valence-corrected chi connectivity index (χ0v) is 36.4. The molecule has 3 aromatic carbocycles. The van der Waals surface area contributed by atoms with Crippen molar-refractivity contribution in [1.82, 2.24) is 4.90 Å². The largest absolute Gasteiger partial charge is 0.371 e. The van der Waals surface area contributed by atoms with Crippen LogP contribution in [0.5, 0.6) is 0 Å². The molecule has 0 amide bonds. The predicted octanol–water partition coefficient (Wildman–Crippen LogP) is 12.5. The van der Waals surface area contributed by atoms with Crippen LogP contribution < -0.4 is 14.4 Å². The maximum atomic E-state index is 2.62. The summed E-state index contributed by atoms with van der Waals surface area (Å²) < 4.78 is 2.26.